The number of halogens is 1. The Bertz CT molecular complexity index is 1390. The molecule has 0 saturated heterocycles. The lowest BCUT2D eigenvalue weighted by Gasteiger charge is -2.44. The molecule has 0 aromatic heterocycles. The van der Waals surface area contributed by atoms with Crippen LogP contribution in [0.3, 0.4) is 0 Å². The summed E-state index contributed by atoms with van der Waals surface area (Å²) in [5, 5.41) is 0.744. The van der Waals surface area contributed by atoms with Crippen LogP contribution in [-0.4, -0.2) is 47.2 Å². The van der Waals surface area contributed by atoms with Crippen LogP contribution in [0.5, 0.6) is 5.75 Å². The summed E-state index contributed by atoms with van der Waals surface area (Å²) < 4.78 is 41.1. The molecule has 1 amide bonds. The Labute approximate surface area is 235 Å². The van der Waals surface area contributed by atoms with Crippen molar-refractivity contribution in [2.24, 2.45) is 11.8 Å². The predicted octanol–water partition coefficient (Wildman–Crippen LogP) is 5.01. The molecule has 1 saturated carbocycles. The van der Waals surface area contributed by atoms with E-state index in [-0.39, 0.29) is 16.7 Å². The van der Waals surface area contributed by atoms with Crippen molar-refractivity contribution < 1.29 is 22.7 Å². The highest BCUT2D eigenvalue weighted by atomic mass is 35.5. The highest BCUT2D eigenvalue weighted by molar-refractivity contribution is 7.90. The van der Waals surface area contributed by atoms with E-state index in [0.717, 1.165) is 55.9 Å². The smallest absolute Gasteiger partial charge is 0.264 e. The SMILES string of the molecule is O=C1CC/C=C/COC[C@@H]2CC[C@H]2CN2C[C@@]3(CCCc4cc(Cl)ccc43)COc3ccc(cc32)S(=O)(=O)N1. The molecular formula is C30H35ClN2O5S. The molecule has 4 aliphatic rings. The fourth-order valence-corrected chi connectivity index (χ4v) is 7.82. The van der Waals surface area contributed by atoms with Crippen LogP contribution in [0.2, 0.25) is 5.02 Å². The minimum Gasteiger partial charge on any atom is -0.490 e. The number of nitrogens with one attached hydrogen (secondary N) is 1. The van der Waals surface area contributed by atoms with Gasteiger partial charge in [0.2, 0.25) is 5.91 Å². The number of carbonyl (C=O) groups excluding carboxylic acids is 1. The number of fused-ring (bicyclic) bond motifs is 4. The van der Waals surface area contributed by atoms with Gasteiger partial charge in [-0.3, -0.25) is 4.79 Å². The third-order valence-electron chi connectivity index (χ3n) is 8.85. The van der Waals surface area contributed by atoms with Gasteiger partial charge in [-0.05, 0) is 91.8 Å². The van der Waals surface area contributed by atoms with Crippen molar-refractivity contribution in [3.8, 4) is 5.75 Å². The lowest BCUT2D eigenvalue weighted by molar-refractivity contribution is -0.119. The molecule has 208 valence electrons. The Kier molecular flexibility index (Phi) is 7.37. The first-order chi connectivity index (χ1) is 18.8. The number of anilines is 1. The molecule has 0 unspecified atom stereocenters. The number of rotatable bonds is 0. The van der Waals surface area contributed by atoms with E-state index in [4.69, 9.17) is 21.1 Å². The average molecular weight is 571 g/mol. The van der Waals surface area contributed by atoms with E-state index in [1.807, 2.05) is 18.2 Å². The maximum Gasteiger partial charge on any atom is 0.264 e. The van der Waals surface area contributed by atoms with Crippen molar-refractivity contribution in [3.63, 3.8) is 0 Å². The monoisotopic (exact) mass is 570 g/mol. The third kappa shape index (κ3) is 5.43. The fraction of sp³-hybridized carbons (Fsp3) is 0.500. The number of allylic oxidation sites excluding steroid dienone is 1. The van der Waals surface area contributed by atoms with Gasteiger partial charge in [0.1, 0.15) is 5.75 Å². The van der Waals surface area contributed by atoms with Gasteiger partial charge in [-0.1, -0.05) is 29.8 Å². The van der Waals surface area contributed by atoms with Gasteiger partial charge in [0.05, 0.1) is 30.4 Å². The van der Waals surface area contributed by atoms with Crippen molar-refractivity contribution in [2.75, 3.05) is 37.8 Å². The summed E-state index contributed by atoms with van der Waals surface area (Å²) in [7, 11) is -4.02. The highest BCUT2D eigenvalue weighted by Crippen LogP contribution is 2.46. The Hall–Kier alpha value is -2.55. The topological polar surface area (TPSA) is 84.9 Å². The van der Waals surface area contributed by atoms with Gasteiger partial charge in [-0.2, -0.15) is 0 Å². The standard InChI is InChI=1S/C30H35ClN2O5S/c31-24-9-11-26-21(15-24)5-4-13-30(26)19-33-17-22-7-8-23(22)18-37-14-3-1-2-6-29(34)32-39(35,36)25-10-12-28(38-20-30)27(33)16-25/h1,3,9-12,15-16,22-23H,2,4-8,13-14,17-20H2,(H,32,34)/b3-1+/t22-,23-,30-/m0/s1. The normalized spacial score (nSPS) is 29.5. The number of nitrogens with zero attached hydrogens (tertiary/aromatic N) is 1. The molecule has 1 spiro atoms. The number of hydrogen-bond acceptors (Lipinski definition) is 6. The fourth-order valence-electron chi connectivity index (χ4n) is 6.59. The lowest BCUT2D eigenvalue weighted by atomic mass is 9.69. The van der Waals surface area contributed by atoms with E-state index in [0.29, 0.717) is 43.8 Å². The molecule has 1 N–H and O–H groups in total. The minimum absolute atomic E-state index is 0.0725. The number of benzene rings is 2. The van der Waals surface area contributed by atoms with E-state index in [1.165, 1.54) is 17.2 Å². The molecular weight excluding hydrogens is 536 g/mol. The summed E-state index contributed by atoms with van der Waals surface area (Å²) in [5.74, 6) is 1.06. The first-order valence-corrected chi connectivity index (χ1v) is 15.8. The molecule has 2 aromatic carbocycles. The quantitative estimate of drug-likeness (QED) is 0.448. The van der Waals surface area contributed by atoms with E-state index in [1.54, 1.807) is 12.1 Å². The number of sulfonamides is 1. The van der Waals surface area contributed by atoms with Gasteiger partial charge in [-0.15, -0.1) is 0 Å². The molecule has 9 heteroatoms. The summed E-state index contributed by atoms with van der Waals surface area (Å²) in [5.41, 5.74) is 3.07. The zero-order chi connectivity index (χ0) is 27.0. The van der Waals surface area contributed by atoms with Crippen LogP contribution in [0.4, 0.5) is 5.69 Å². The molecule has 2 aliphatic heterocycles. The maximum atomic E-state index is 13.2. The van der Waals surface area contributed by atoms with Crippen molar-refractivity contribution in [2.45, 2.75) is 55.3 Å². The van der Waals surface area contributed by atoms with Crippen LogP contribution >= 0.6 is 11.6 Å². The van der Waals surface area contributed by atoms with Gasteiger partial charge in [0, 0.05) is 29.9 Å². The molecule has 2 heterocycles. The maximum absolute atomic E-state index is 13.2. The van der Waals surface area contributed by atoms with Crippen molar-refractivity contribution in [1.29, 1.82) is 0 Å². The van der Waals surface area contributed by atoms with Crippen molar-refractivity contribution in [3.05, 3.63) is 64.7 Å². The lowest BCUT2D eigenvalue weighted by Crippen LogP contribution is -2.48. The molecule has 39 heavy (non-hydrogen) atoms. The molecule has 3 atom stereocenters. The van der Waals surface area contributed by atoms with Gasteiger partial charge < -0.3 is 14.4 Å². The van der Waals surface area contributed by atoms with Crippen LogP contribution in [0.15, 0.2) is 53.4 Å². The first-order valence-electron chi connectivity index (χ1n) is 13.9. The molecule has 6 rings (SSSR count). The Morgan fingerprint density at radius 2 is 1.92 bits per heavy atom. The summed E-state index contributed by atoms with van der Waals surface area (Å²) >= 11 is 6.37. The van der Waals surface area contributed by atoms with E-state index in [9.17, 15) is 13.2 Å². The van der Waals surface area contributed by atoms with Gasteiger partial charge in [0.15, 0.2) is 0 Å². The van der Waals surface area contributed by atoms with Crippen molar-refractivity contribution in [1.82, 2.24) is 4.72 Å². The third-order valence-corrected chi connectivity index (χ3v) is 10.5. The zero-order valence-electron chi connectivity index (χ0n) is 22.0. The highest BCUT2D eigenvalue weighted by Gasteiger charge is 2.43. The van der Waals surface area contributed by atoms with Crippen LogP contribution in [0.25, 0.3) is 0 Å². The Balaban J connectivity index is 1.40. The number of ether oxygens (including phenoxy) is 2. The van der Waals surface area contributed by atoms with E-state index in [2.05, 4.69) is 21.8 Å². The van der Waals surface area contributed by atoms with Gasteiger partial charge in [0.25, 0.3) is 10.0 Å². The van der Waals surface area contributed by atoms with Crippen LogP contribution in [0.1, 0.15) is 49.7 Å². The zero-order valence-corrected chi connectivity index (χ0v) is 23.6. The molecule has 7 nitrogen and oxygen atoms in total. The molecule has 2 bridgehead atoms. The minimum atomic E-state index is -4.02. The van der Waals surface area contributed by atoms with Crippen LogP contribution < -0.4 is 14.4 Å². The predicted molar refractivity (Wildman–Crippen MR) is 151 cm³/mol. The van der Waals surface area contributed by atoms with Crippen LogP contribution in [0, 0.1) is 11.8 Å². The number of hydrogen-bond donors (Lipinski definition) is 1. The summed E-state index contributed by atoms with van der Waals surface area (Å²) in [6.45, 7) is 3.22. The Morgan fingerprint density at radius 3 is 2.77 bits per heavy atom. The molecule has 1 fully saturated rings. The van der Waals surface area contributed by atoms with E-state index < -0.39 is 15.9 Å². The number of aryl methyl sites for hydroxylation is 1. The molecule has 2 aliphatic carbocycles. The number of carbonyl (C=O) groups is 1. The van der Waals surface area contributed by atoms with Crippen molar-refractivity contribution >= 4 is 33.2 Å². The second-order valence-electron chi connectivity index (χ2n) is 11.4. The number of amides is 1. The first kappa shape index (κ1) is 26.7. The summed E-state index contributed by atoms with van der Waals surface area (Å²) in [4.78, 5) is 14.8. The van der Waals surface area contributed by atoms with Crippen LogP contribution in [-0.2, 0) is 31.4 Å². The van der Waals surface area contributed by atoms with Gasteiger partial charge in [-0.25, -0.2) is 13.1 Å². The Morgan fingerprint density at radius 1 is 1.05 bits per heavy atom. The second kappa shape index (κ2) is 10.8. The summed E-state index contributed by atoms with van der Waals surface area (Å²) in [6, 6.07) is 11.1. The summed E-state index contributed by atoms with van der Waals surface area (Å²) in [6.07, 6.45) is 9.58. The van der Waals surface area contributed by atoms with E-state index >= 15 is 0 Å². The largest absolute Gasteiger partial charge is 0.490 e. The second-order valence-corrected chi connectivity index (χ2v) is 13.5. The average Bonchev–Trinajstić information content (AvgIpc) is 3.04. The van der Waals surface area contributed by atoms with Gasteiger partial charge >= 0.3 is 0 Å². The molecule has 2 aromatic rings. The molecule has 0 radical (unpaired) electrons.